The molecule has 0 amide bonds. The highest BCUT2D eigenvalue weighted by atomic mass is 16.5. The number of rotatable bonds is 4. The topological polar surface area (TPSA) is 49.7 Å². The molecule has 2 N–H and O–H groups in total. The maximum absolute atomic E-state index is 10.3. The van der Waals surface area contributed by atoms with E-state index in [-0.39, 0.29) is 19.0 Å². The standard InChI is InChI=1S/C18H16O3/c19-10-11-21-18-15-9-5-4-8-14(15)17(20)12-16(18)13-6-2-1-3-7-13/h1-9,12,19-20H,10-11H2. The molecule has 3 aromatic carbocycles. The molecule has 106 valence electrons. The van der Waals surface area contributed by atoms with E-state index in [1.54, 1.807) is 6.07 Å². The molecule has 0 aliphatic heterocycles. The largest absolute Gasteiger partial charge is 0.507 e. The molecular weight excluding hydrogens is 264 g/mol. The van der Waals surface area contributed by atoms with Gasteiger partial charge in [-0.3, -0.25) is 0 Å². The molecule has 21 heavy (non-hydrogen) atoms. The minimum Gasteiger partial charge on any atom is -0.507 e. The molecule has 0 bridgehead atoms. The van der Waals surface area contributed by atoms with Gasteiger partial charge < -0.3 is 14.9 Å². The van der Waals surface area contributed by atoms with E-state index in [0.29, 0.717) is 5.75 Å². The molecule has 3 nitrogen and oxygen atoms in total. The Balaban J connectivity index is 2.27. The Morgan fingerprint density at radius 2 is 1.52 bits per heavy atom. The number of aliphatic hydroxyl groups is 1. The smallest absolute Gasteiger partial charge is 0.135 e. The van der Waals surface area contributed by atoms with Crippen LogP contribution in [-0.2, 0) is 0 Å². The number of fused-ring (bicyclic) bond motifs is 1. The first kappa shape index (κ1) is 13.5. The second-order valence-electron chi connectivity index (χ2n) is 4.76. The summed E-state index contributed by atoms with van der Waals surface area (Å²) in [5.41, 5.74) is 1.78. The van der Waals surface area contributed by atoms with Crippen LogP contribution in [0.5, 0.6) is 11.5 Å². The predicted octanol–water partition coefficient (Wildman–Crippen LogP) is 3.58. The van der Waals surface area contributed by atoms with E-state index in [0.717, 1.165) is 21.9 Å². The third-order valence-electron chi connectivity index (χ3n) is 3.40. The Labute approximate surface area is 123 Å². The Morgan fingerprint density at radius 1 is 0.857 bits per heavy atom. The maximum Gasteiger partial charge on any atom is 0.135 e. The summed E-state index contributed by atoms with van der Waals surface area (Å²) in [5, 5.41) is 20.9. The van der Waals surface area contributed by atoms with Crippen LogP contribution in [0.2, 0.25) is 0 Å². The molecule has 0 aromatic heterocycles. The van der Waals surface area contributed by atoms with Gasteiger partial charge in [0.1, 0.15) is 18.1 Å². The summed E-state index contributed by atoms with van der Waals surface area (Å²) in [5.74, 6) is 0.907. The van der Waals surface area contributed by atoms with E-state index in [1.807, 2.05) is 54.6 Å². The van der Waals surface area contributed by atoms with Crippen molar-refractivity contribution >= 4 is 10.8 Å². The zero-order valence-electron chi connectivity index (χ0n) is 11.5. The van der Waals surface area contributed by atoms with Crippen molar-refractivity contribution in [2.45, 2.75) is 0 Å². The Morgan fingerprint density at radius 3 is 2.24 bits per heavy atom. The van der Waals surface area contributed by atoms with Gasteiger partial charge in [0.15, 0.2) is 0 Å². The van der Waals surface area contributed by atoms with Crippen LogP contribution in [0.1, 0.15) is 0 Å². The van der Waals surface area contributed by atoms with Gasteiger partial charge in [0.05, 0.1) is 6.61 Å². The fraction of sp³-hybridized carbons (Fsp3) is 0.111. The van der Waals surface area contributed by atoms with Crippen LogP contribution >= 0.6 is 0 Å². The number of aliphatic hydroxyl groups excluding tert-OH is 1. The zero-order chi connectivity index (χ0) is 14.7. The maximum atomic E-state index is 10.3. The van der Waals surface area contributed by atoms with Crippen LogP contribution in [-0.4, -0.2) is 23.4 Å². The lowest BCUT2D eigenvalue weighted by Gasteiger charge is -2.15. The molecule has 0 radical (unpaired) electrons. The van der Waals surface area contributed by atoms with E-state index in [9.17, 15) is 5.11 Å². The van der Waals surface area contributed by atoms with Crippen LogP contribution < -0.4 is 4.74 Å². The minimum absolute atomic E-state index is 0.0521. The van der Waals surface area contributed by atoms with E-state index >= 15 is 0 Å². The van der Waals surface area contributed by atoms with E-state index in [2.05, 4.69) is 0 Å². The van der Waals surface area contributed by atoms with E-state index in [1.165, 1.54) is 0 Å². The SMILES string of the molecule is OCCOc1c(-c2ccccc2)cc(O)c2ccccc12. The van der Waals surface area contributed by atoms with Crippen LogP contribution in [0.25, 0.3) is 21.9 Å². The first-order valence-corrected chi connectivity index (χ1v) is 6.85. The first-order chi connectivity index (χ1) is 10.3. The number of ether oxygens (including phenoxy) is 1. The summed E-state index contributed by atoms with van der Waals surface area (Å²) in [7, 11) is 0. The van der Waals surface area contributed by atoms with E-state index in [4.69, 9.17) is 9.84 Å². The molecule has 0 unspecified atom stereocenters. The van der Waals surface area contributed by atoms with Crippen LogP contribution in [0.4, 0.5) is 0 Å². The van der Waals surface area contributed by atoms with Crippen molar-refractivity contribution in [3.05, 3.63) is 60.7 Å². The molecule has 0 aliphatic carbocycles. The summed E-state index contributed by atoms with van der Waals surface area (Å²) < 4.78 is 5.75. The summed E-state index contributed by atoms with van der Waals surface area (Å²) in [4.78, 5) is 0. The number of aromatic hydroxyl groups is 1. The van der Waals surface area contributed by atoms with Crippen molar-refractivity contribution in [1.82, 2.24) is 0 Å². The van der Waals surface area contributed by atoms with Gasteiger partial charge >= 0.3 is 0 Å². The average molecular weight is 280 g/mol. The van der Waals surface area contributed by atoms with Crippen molar-refractivity contribution in [2.24, 2.45) is 0 Å². The quantitative estimate of drug-likeness (QED) is 0.768. The van der Waals surface area contributed by atoms with Gasteiger partial charge in [-0.05, 0) is 11.6 Å². The third-order valence-corrected chi connectivity index (χ3v) is 3.40. The highest BCUT2D eigenvalue weighted by Gasteiger charge is 2.14. The fourth-order valence-electron chi connectivity index (χ4n) is 2.46. The first-order valence-electron chi connectivity index (χ1n) is 6.85. The molecule has 3 rings (SSSR count). The Bertz CT molecular complexity index is 751. The van der Waals surface area contributed by atoms with Crippen molar-refractivity contribution in [2.75, 3.05) is 13.2 Å². The lowest BCUT2D eigenvalue weighted by Crippen LogP contribution is -2.03. The highest BCUT2D eigenvalue weighted by Crippen LogP contribution is 2.41. The van der Waals surface area contributed by atoms with Gasteiger partial charge in [0, 0.05) is 16.3 Å². The molecule has 0 spiro atoms. The van der Waals surface area contributed by atoms with Gasteiger partial charge in [-0.15, -0.1) is 0 Å². The molecule has 0 saturated heterocycles. The number of benzene rings is 3. The van der Waals surface area contributed by atoms with Crippen LogP contribution in [0, 0.1) is 0 Å². The molecule has 0 saturated carbocycles. The highest BCUT2D eigenvalue weighted by molar-refractivity contribution is 5.99. The van der Waals surface area contributed by atoms with Crippen molar-refractivity contribution in [1.29, 1.82) is 0 Å². The predicted molar refractivity (Wildman–Crippen MR) is 83.6 cm³/mol. The molecule has 0 heterocycles. The molecule has 3 aromatic rings. The number of hydrogen-bond acceptors (Lipinski definition) is 3. The van der Waals surface area contributed by atoms with Crippen molar-refractivity contribution in [3.63, 3.8) is 0 Å². The second kappa shape index (κ2) is 5.85. The molecule has 3 heteroatoms. The summed E-state index contributed by atoms with van der Waals surface area (Å²) >= 11 is 0. The van der Waals surface area contributed by atoms with E-state index < -0.39 is 0 Å². The van der Waals surface area contributed by atoms with Gasteiger partial charge in [-0.2, -0.15) is 0 Å². The molecule has 0 atom stereocenters. The van der Waals surface area contributed by atoms with Gasteiger partial charge in [0.25, 0.3) is 0 Å². The summed E-state index contributed by atoms with van der Waals surface area (Å²) in [6.45, 7) is 0.165. The number of phenolic OH excluding ortho intramolecular Hbond substituents is 1. The Hall–Kier alpha value is -2.52. The molecular formula is C18H16O3. The second-order valence-corrected chi connectivity index (χ2v) is 4.76. The van der Waals surface area contributed by atoms with Crippen molar-refractivity contribution in [3.8, 4) is 22.6 Å². The van der Waals surface area contributed by atoms with Gasteiger partial charge in [0.2, 0.25) is 0 Å². The number of hydrogen-bond donors (Lipinski definition) is 2. The summed E-state index contributed by atoms with van der Waals surface area (Å²) in [6.07, 6.45) is 0. The summed E-state index contributed by atoms with van der Waals surface area (Å²) in [6, 6.07) is 19.0. The lowest BCUT2D eigenvalue weighted by molar-refractivity contribution is 0.203. The van der Waals surface area contributed by atoms with Crippen molar-refractivity contribution < 1.29 is 14.9 Å². The lowest BCUT2D eigenvalue weighted by atomic mass is 9.99. The monoisotopic (exact) mass is 280 g/mol. The fourth-order valence-corrected chi connectivity index (χ4v) is 2.46. The normalized spacial score (nSPS) is 10.7. The van der Waals surface area contributed by atoms with Crippen LogP contribution in [0.15, 0.2) is 60.7 Å². The van der Waals surface area contributed by atoms with Gasteiger partial charge in [-0.25, -0.2) is 0 Å². The molecule has 0 fully saturated rings. The Kier molecular flexibility index (Phi) is 3.75. The molecule has 0 aliphatic rings. The van der Waals surface area contributed by atoms with Crippen LogP contribution in [0.3, 0.4) is 0 Å². The van der Waals surface area contributed by atoms with Gasteiger partial charge in [-0.1, -0.05) is 54.6 Å². The zero-order valence-corrected chi connectivity index (χ0v) is 11.5. The average Bonchev–Trinajstić information content (AvgIpc) is 2.55. The number of phenols is 1. The third kappa shape index (κ3) is 2.56. The minimum atomic E-state index is -0.0521.